The van der Waals surface area contributed by atoms with E-state index in [0.29, 0.717) is 29.2 Å². The molecule has 0 saturated carbocycles. The molecular weight excluding hydrogens is 265 g/mol. The van der Waals surface area contributed by atoms with Gasteiger partial charge in [-0.3, -0.25) is 0 Å². The third-order valence-electron chi connectivity index (χ3n) is 4.41. The maximum Gasteiger partial charge on any atom is 0.171 e. The number of halogens is 2. The van der Waals surface area contributed by atoms with Gasteiger partial charge >= 0.3 is 0 Å². The van der Waals surface area contributed by atoms with E-state index in [2.05, 4.69) is 5.32 Å². The number of benzene rings is 1. The zero-order chi connectivity index (χ0) is 13.0. The summed E-state index contributed by atoms with van der Waals surface area (Å²) in [6, 6.07) is 7.92. The number of rotatable bonds is 1. The summed E-state index contributed by atoms with van der Waals surface area (Å²) in [4.78, 5) is 0. The Bertz CT molecular complexity index is 626. The summed E-state index contributed by atoms with van der Waals surface area (Å²) < 4.78 is 21.0. The Morgan fingerprint density at radius 2 is 2.00 bits per heavy atom. The number of hydrogen-bond donors (Lipinski definition) is 1. The minimum absolute atomic E-state index is 0.285. The maximum absolute atomic E-state index is 15.2. The third-order valence-corrected chi connectivity index (χ3v) is 4.71. The van der Waals surface area contributed by atoms with Gasteiger partial charge in [-0.2, -0.15) is 0 Å². The molecule has 100 valence electrons. The predicted octanol–water partition coefficient (Wildman–Crippen LogP) is 4.17. The fraction of sp³-hybridized carbons (Fsp3) is 0.467. The Balaban J connectivity index is 1.79. The summed E-state index contributed by atoms with van der Waals surface area (Å²) >= 11 is 6.10. The lowest BCUT2D eigenvalue weighted by Gasteiger charge is -2.33. The first-order valence-electron chi connectivity index (χ1n) is 6.78. The van der Waals surface area contributed by atoms with Crippen LogP contribution in [-0.2, 0) is 5.67 Å². The molecule has 1 N–H and O–H groups in total. The second-order valence-corrected chi connectivity index (χ2v) is 6.19. The number of hydrogen-bond acceptors (Lipinski definition) is 2. The van der Waals surface area contributed by atoms with Crippen molar-refractivity contribution < 1.29 is 8.81 Å². The van der Waals surface area contributed by atoms with Gasteiger partial charge in [-0.05, 0) is 25.0 Å². The van der Waals surface area contributed by atoms with Gasteiger partial charge in [-0.15, -0.1) is 0 Å². The second kappa shape index (κ2) is 3.97. The number of piperidine rings is 1. The molecule has 2 aromatic rings. The smallest absolute Gasteiger partial charge is 0.171 e. The number of furan rings is 1. The Morgan fingerprint density at radius 1 is 1.26 bits per heavy atom. The molecule has 3 heterocycles. The van der Waals surface area contributed by atoms with Gasteiger partial charge in [0.1, 0.15) is 5.76 Å². The molecule has 19 heavy (non-hydrogen) atoms. The third kappa shape index (κ3) is 1.79. The molecule has 2 saturated heterocycles. The van der Waals surface area contributed by atoms with Gasteiger partial charge in [-0.1, -0.05) is 23.7 Å². The van der Waals surface area contributed by atoms with E-state index in [0.717, 1.165) is 18.2 Å². The van der Waals surface area contributed by atoms with Crippen molar-refractivity contribution in [2.24, 2.45) is 0 Å². The van der Waals surface area contributed by atoms with Gasteiger partial charge < -0.3 is 9.73 Å². The van der Waals surface area contributed by atoms with Crippen LogP contribution in [0.4, 0.5) is 4.39 Å². The molecule has 2 nitrogen and oxygen atoms in total. The summed E-state index contributed by atoms with van der Waals surface area (Å²) in [6.45, 7) is 0. The monoisotopic (exact) mass is 279 g/mol. The Labute approximate surface area is 115 Å². The predicted molar refractivity (Wildman–Crippen MR) is 73.2 cm³/mol. The molecule has 2 aliphatic heterocycles. The SMILES string of the molecule is FC1(c2cc3cccc(Cl)c3o2)CC2CCC(C1)N2. The van der Waals surface area contributed by atoms with Crippen LogP contribution < -0.4 is 5.32 Å². The average molecular weight is 280 g/mol. The van der Waals surface area contributed by atoms with E-state index in [1.807, 2.05) is 18.2 Å². The van der Waals surface area contributed by atoms with Gasteiger partial charge in [0.25, 0.3) is 0 Å². The number of para-hydroxylation sites is 1. The highest BCUT2D eigenvalue weighted by Gasteiger charge is 2.47. The number of fused-ring (bicyclic) bond motifs is 3. The van der Waals surface area contributed by atoms with Crippen LogP contribution in [0, 0.1) is 0 Å². The van der Waals surface area contributed by atoms with Crippen LogP contribution in [0.3, 0.4) is 0 Å². The molecule has 0 aliphatic carbocycles. The summed E-state index contributed by atoms with van der Waals surface area (Å²) in [5.41, 5.74) is -0.749. The molecule has 2 aliphatic rings. The van der Waals surface area contributed by atoms with Crippen molar-refractivity contribution in [3.05, 3.63) is 35.0 Å². The minimum Gasteiger partial charge on any atom is -0.456 e. The summed E-state index contributed by atoms with van der Waals surface area (Å²) in [6.07, 6.45) is 3.14. The van der Waals surface area contributed by atoms with Crippen molar-refractivity contribution >= 4 is 22.6 Å². The van der Waals surface area contributed by atoms with E-state index < -0.39 is 5.67 Å². The molecule has 4 heteroatoms. The van der Waals surface area contributed by atoms with E-state index >= 15 is 4.39 Å². The first-order valence-corrected chi connectivity index (χ1v) is 7.15. The first-order chi connectivity index (χ1) is 9.14. The Morgan fingerprint density at radius 3 is 2.68 bits per heavy atom. The van der Waals surface area contributed by atoms with Crippen LogP contribution in [0.2, 0.25) is 5.02 Å². The summed E-state index contributed by atoms with van der Waals surface area (Å²) in [5.74, 6) is 0.439. The number of alkyl halides is 1. The average Bonchev–Trinajstić information content (AvgIpc) is 2.95. The molecule has 2 unspecified atom stereocenters. The van der Waals surface area contributed by atoms with Gasteiger partial charge in [0, 0.05) is 30.3 Å². The van der Waals surface area contributed by atoms with Crippen LogP contribution in [0.15, 0.2) is 28.7 Å². The van der Waals surface area contributed by atoms with Gasteiger partial charge in [0.15, 0.2) is 11.3 Å². The molecule has 2 atom stereocenters. The van der Waals surface area contributed by atoms with Crippen LogP contribution >= 0.6 is 11.6 Å². The molecule has 2 fully saturated rings. The first kappa shape index (κ1) is 11.7. The van der Waals surface area contributed by atoms with Crippen molar-refractivity contribution in [2.75, 3.05) is 0 Å². The van der Waals surface area contributed by atoms with Crippen molar-refractivity contribution in [1.29, 1.82) is 0 Å². The van der Waals surface area contributed by atoms with E-state index in [-0.39, 0.29) is 12.1 Å². The van der Waals surface area contributed by atoms with E-state index in [1.165, 1.54) is 0 Å². The second-order valence-electron chi connectivity index (χ2n) is 5.78. The van der Waals surface area contributed by atoms with E-state index in [1.54, 1.807) is 6.07 Å². The van der Waals surface area contributed by atoms with Crippen molar-refractivity contribution in [2.45, 2.75) is 43.4 Å². The fourth-order valence-corrected chi connectivity index (χ4v) is 3.76. The molecule has 1 aromatic heterocycles. The van der Waals surface area contributed by atoms with Gasteiger partial charge in [0.05, 0.1) is 5.02 Å². The normalized spacial score (nSPS) is 34.0. The zero-order valence-corrected chi connectivity index (χ0v) is 11.2. The number of nitrogens with one attached hydrogen (secondary N) is 1. The quantitative estimate of drug-likeness (QED) is 0.848. The molecule has 0 spiro atoms. The fourth-order valence-electron chi connectivity index (χ4n) is 3.54. The maximum atomic E-state index is 15.2. The molecule has 2 bridgehead atoms. The summed E-state index contributed by atoms with van der Waals surface area (Å²) in [5, 5.41) is 4.88. The lowest BCUT2D eigenvalue weighted by atomic mass is 9.87. The highest BCUT2D eigenvalue weighted by molar-refractivity contribution is 6.34. The van der Waals surface area contributed by atoms with Crippen LogP contribution in [-0.4, -0.2) is 12.1 Å². The lowest BCUT2D eigenvalue weighted by Crippen LogP contribution is -2.44. The standard InChI is InChI=1S/C15H15ClFNO/c16-12-3-1-2-9-6-13(19-14(9)12)15(17)7-10-4-5-11(8-15)18-10/h1-3,6,10-11,18H,4-5,7-8H2. The van der Waals surface area contributed by atoms with Crippen molar-refractivity contribution in [1.82, 2.24) is 5.32 Å². The van der Waals surface area contributed by atoms with Crippen LogP contribution in [0.1, 0.15) is 31.4 Å². The zero-order valence-electron chi connectivity index (χ0n) is 10.5. The van der Waals surface area contributed by atoms with Gasteiger partial charge in [0.2, 0.25) is 0 Å². The molecular formula is C15H15ClFNO. The lowest BCUT2D eigenvalue weighted by molar-refractivity contribution is 0.0645. The van der Waals surface area contributed by atoms with E-state index in [9.17, 15) is 0 Å². The molecule has 1 aromatic carbocycles. The summed E-state index contributed by atoms with van der Waals surface area (Å²) in [7, 11) is 0. The van der Waals surface area contributed by atoms with Gasteiger partial charge in [-0.25, -0.2) is 4.39 Å². The van der Waals surface area contributed by atoms with Crippen LogP contribution in [0.25, 0.3) is 11.0 Å². The highest BCUT2D eigenvalue weighted by atomic mass is 35.5. The molecule has 0 radical (unpaired) electrons. The minimum atomic E-state index is -1.35. The largest absolute Gasteiger partial charge is 0.456 e. The van der Waals surface area contributed by atoms with Crippen molar-refractivity contribution in [3.63, 3.8) is 0 Å². The van der Waals surface area contributed by atoms with E-state index in [4.69, 9.17) is 16.0 Å². The van der Waals surface area contributed by atoms with Crippen LogP contribution in [0.5, 0.6) is 0 Å². The Kier molecular flexibility index (Phi) is 2.45. The molecule has 4 rings (SSSR count). The van der Waals surface area contributed by atoms with Crippen molar-refractivity contribution in [3.8, 4) is 0 Å². The Hall–Kier alpha value is -1.06. The highest BCUT2D eigenvalue weighted by Crippen LogP contribution is 2.45. The molecule has 0 amide bonds. The topological polar surface area (TPSA) is 25.2 Å².